The molecule has 4 aliphatic rings. The molecule has 6 nitrogen and oxygen atoms in total. The van der Waals surface area contributed by atoms with Gasteiger partial charge in [0.25, 0.3) is 0 Å². The second kappa shape index (κ2) is 15.2. The molecule has 0 unspecified atom stereocenters. The molecule has 3 aromatic carbocycles. The summed E-state index contributed by atoms with van der Waals surface area (Å²) in [7, 11) is 0. The maximum Gasteiger partial charge on any atom is 0.308 e. The monoisotopic (exact) mass is 662 g/mol. The van der Waals surface area contributed by atoms with Crippen LogP contribution in [0.15, 0.2) is 72.8 Å². The van der Waals surface area contributed by atoms with Gasteiger partial charge in [-0.3, -0.25) is 19.4 Å². The lowest BCUT2D eigenvalue weighted by Gasteiger charge is -2.60. The van der Waals surface area contributed by atoms with Crippen LogP contribution in [0.25, 0.3) is 0 Å². The fraction of sp³-hybridized carbons (Fsp3) is 0.535. The molecule has 7 rings (SSSR count). The number of esters is 1. The molecule has 0 radical (unpaired) electrons. The molecule has 2 fully saturated rings. The third-order valence-electron chi connectivity index (χ3n) is 12.0. The van der Waals surface area contributed by atoms with Crippen molar-refractivity contribution >= 4 is 11.8 Å². The summed E-state index contributed by atoms with van der Waals surface area (Å²) in [5, 5.41) is 0. The maximum absolute atomic E-state index is 12.4. The highest BCUT2D eigenvalue weighted by atomic mass is 16.6. The van der Waals surface area contributed by atoms with E-state index in [2.05, 4.69) is 76.5 Å². The molecular formula is C43H54N2O4. The quantitative estimate of drug-likeness (QED) is 0.0889. The molecule has 0 N–H and O–H groups in total. The van der Waals surface area contributed by atoms with Crippen molar-refractivity contribution in [1.29, 1.82) is 0 Å². The molecule has 6 heteroatoms. The van der Waals surface area contributed by atoms with E-state index in [1.807, 2.05) is 6.07 Å². The predicted molar refractivity (Wildman–Crippen MR) is 194 cm³/mol. The molecule has 1 spiro atoms. The molecule has 2 aliphatic heterocycles. The Balaban J connectivity index is 1.12. The second-order valence-corrected chi connectivity index (χ2v) is 15.2. The van der Waals surface area contributed by atoms with Crippen LogP contribution < -0.4 is 9.47 Å². The van der Waals surface area contributed by atoms with Gasteiger partial charge in [0.1, 0.15) is 11.9 Å². The number of aryl methyl sites for hydroxylation is 2. The van der Waals surface area contributed by atoms with Crippen LogP contribution in [-0.2, 0) is 34.3 Å². The van der Waals surface area contributed by atoms with Gasteiger partial charge in [0.2, 0.25) is 0 Å². The van der Waals surface area contributed by atoms with Gasteiger partial charge in [-0.2, -0.15) is 0 Å². The number of unbranched alkanes of at least 4 members (excludes halogenated alkanes) is 4. The molecule has 1 saturated carbocycles. The van der Waals surface area contributed by atoms with Gasteiger partial charge in [0.15, 0.2) is 11.5 Å². The van der Waals surface area contributed by atoms with Crippen LogP contribution in [0.4, 0.5) is 0 Å². The fourth-order valence-corrected chi connectivity index (χ4v) is 10.1. The molecule has 0 aromatic heterocycles. The van der Waals surface area contributed by atoms with Crippen molar-refractivity contribution in [1.82, 2.24) is 9.80 Å². The molecule has 2 heterocycles. The first-order chi connectivity index (χ1) is 23.9. The second-order valence-electron chi connectivity index (χ2n) is 15.2. The minimum Gasteiger partial charge on any atom is -0.484 e. The minimum absolute atomic E-state index is 0.0196. The lowest BCUT2D eigenvalue weighted by Crippen LogP contribution is -2.69. The highest BCUT2D eigenvalue weighted by molar-refractivity contribution is 5.78. The highest BCUT2D eigenvalue weighted by Gasteiger charge is 2.66. The Morgan fingerprint density at radius 3 is 2.16 bits per heavy atom. The zero-order valence-corrected chi connectivity index (χ0v) is 29.6. The molecule has 2 bridgehead atoms. The SMILES string of the molecule is CC(=O)CN1CC[C@]23c4c5ccc(OC(C)=O)c4O[C@H]2[C@H](N(CCCCCCc2ccccc2)CCCCc2ccccc2)CC[C@H]3[C@H]1C5. The summed E-state index contributed by atoms with van der Waals surface area (Å²) in [6.45, 7) is 6.79. The summed E-state index contributed by atoms with van der Waals surface area (Å²) in [6.07, 6.45) is 13.7. The Kier molecular flexibility index (Phi) is 10.5. The van der Waals surface area contributed by atoms with E-state index in [0.717, 1.165) is 70.3 Å². The van der Waals surface area contributed by atoms with Crippen LogP contribution in [0.3, 0.4) is 0 Å². The van der Waals surface area contributed by atoms with Crippen LogP contribution in [-0.4, -0.2) is 65.9 Å². The molecule has 5 atom stereocenters. The van der Waals surface area contributed by atoms with Crippen molar-refractivity contribution in [2.75, 3.05) is 26.2 Å². The van der Waals surface area contributed by atoms with Crippen LogP contribution in [0, 0.1) is 5.92 Å². The number of Topliss-reactive ketones (excluding diaryl/α,β-unsaturated/α-hetero) is 1. The van der Waals surface area contributed by atoms with Gasteiger partial charge >= 0.3 is 5.97 Å². The largest absolute Gasteiger partial charge is 0.484 e. The lowest BCUT2D eigenvalue weighted by atomic mass is 9.51. The normalized spacial score (nSPS) is 25.1. The van der Waals surface area contributed by atoms with Gasteiger partial charge in [-0.15, -0.1) is 0 Å². The van der Waals surface area contributed by atoms with Crippen LogP contribution in [0.1, 0.15) is 93.9 Å². The van der Waals surface area contributed by atoms with E-state index >= 15 is 0 Å². The van der Waals surface area contributed by atoms with Gasteiger partial charge in [0, 0.05) is 30.0 Å². The van der Waals surface area contributed by atoms with Crippen molar-refractivity contribution in [3.63, 3.8) is 0 Å². The van der Waals surface area contributed by atoms with E-state index in [1.165, 1.54) is 61.3 Å². The van der Waals surface area contributed by atoms with Gasteiger partial charge in [-0.25, -0.2) is 0 Å². The first kappa shape index (κ1) is 34.0. The summed E-state index contributed by atoms with van der Waals surface area (Å²) in [6, 6.07) is 26.5. The predicted octanol–water partition coefficient (Wildman–Crippen LogP) is 7.74. The number of hydrogen-bond acceptors (Lipinski definition) is 6. The van der Waals surface area contributed by atoms with E-state index in [-0.39, 0.29) is 23.3 Å². The van der Waals surface area contributed by atoms with E-state index < -0.39 is 0 Å². The summed E-state index contributed by atoms with van der Waals surface area (Å²) >= 11 is 0. The van der Waals surface area contributed by atoms with Crippen molar-refractivity contribution in [3.05, 3.63) is 95.1 Å². The van der Waals surface area contributed by atoms with E-state index in [9.17, 15) is 9.59 Å². The number of rotatable bonds is 16. The van der Waals surface area contributed by atoms with Crippen molar-refractivity contribution in [2.24, 2.45) is 5.92 Å². The minimum atomic E-state index is -0.308. The summed E-state index contributed by atoms with van der Waals surface area (Å²) in [4.78, 5) is 29.9. The third-order valence-corrected chi connectivity index (χ3v) is 12.0. The number of ketones is 1. The zero-order chi connectivity index (χ0) is 33.8. The summed E-state index contributed by atoms with van der Waals surface area (Å²) < 4.78 is 13.0. The topological polar surface area (TPSA) is 59.1 Å². The standard InChI is InChI=1S/C43H54N2O4/c1-31(46)30-45-28-25-43-36-22-23-37(42(43)49-41-39(48-32(2)47)24-21-35(40(41)43)29-38(36)45)44(27-14-12-20-34-18-10-6-11-19-34)26-13-4-3-7-15-33-16-8-5-9-17-33/h5-6,8-11,16-19,21,24,36-38,42H,3-4,7,12-15,20,22-23,25-30H2,1-2H3/t36-,37+,38+,42-,43-/m0/s1. The van der Waals surface area contributed by atoms with Crippen molar-refractivity contribution in [2.45, 2.75) is 114 Å². The van der Waals surface area contributed by atoms with Gasteiger partial charge in [-0.05, 0) is 119 Å². The van der Waals surface area contributed by atoms with E-state index in [4.69, 9.17) is 9.47 Å². The number of hydrogen-bond donors (Lipinski definition) is 0. The first-order valence-electron chi connectivity index (χ1n) is 19.0. The smallest absolute Gasteiger partial charge is 0.308 e. The fourth-order valence-electron chi connectivity index (χ4n) is 10.1. The number of piperidine rings is 1. The Hall–Kier alpha value is -3.48. The molecule has 0 amide bonds. The molecule has 260 valence electrons. The van der Waals surface area contributed by atoms with Gasteiger partial charge < -0.3 is 9.47 Å². The summed E-state index contributed by atoms with van der Waals surface area (Å²) in [5.74, 6) is 1.76. The number of benzene rings is 3. The van der Waals surface area contributed by atoms with Crippen molar-refractivity contribution < 1.29 is 19.1 Å². The summed E-state index contributed by atoms with van der Waals surface area (Å²) in [5.41, 5.74) is 5.37. The number of carbonyl (C=O) groups excluding carboxylic acids is 2. The Bertz CT molecular complexity index is 1590. The van der Waals surface area contributed by atoms with Gasteiger partial charge in [-0.1, -0.05) is 79.6 Å². The molecule has 49 heavy (non-hydrogen) atoms. The zero-order valence-electron chi connectivity index (χ0n) is 29.6. The van der Waals surface area contributed by atoms with E-state index in [1.54, 1.807) is 6.92 Å². The first-order valence-corrected chi connectivity index (χ1v) is 19.0. The van der Waals surface area contributed by atoms with Crippen molar-refractivity contribution in [3.8, 4) is 11.5 Å². The van der Waals surface area contributed by atoms with E-state index in [0.29, 0.717) is 30.3 Å². The number of ether oxygens (including phenoxy) is 2. The maximum atomic E-state index is 12.4. The number of nitrogens with zero attached hydrogens (tertiary/aromatic N) is 2. The Morgan fingerprint density at radius 2 is 1.49 bits per heavy atom. The molecular weight excluding hydrogens is 608 g/mol. The average molecular weight is 663 g/mol. The highest BCUT2D eigenvalue weighted by Crippen LogP contribution is 2.64. The lowest BCUT2D eigenvalue weighted by molar-refractivity contribution is -0.132. The van der Waals surface area contributed by atoms with Crippen LogP contribution in [0.2, 0.25) is 0 Å². The number of likely N-dealkylation sites (tertiary alicyclic amines) is 1. The Labute approximate surface area is 293 Å². The average Bonchev–Trinajstić information content (AvgIpc) is 3.45. The van der Waals surface area contributed by atoms with Gasteiger partial charge in [0.05, 0.1) is 6.54 Å². The molecule has 1 saturated heterocycles. The van der Waals surface area contributed by atoms with Crippen LogP contribution in [0.5, 0.6) is 11.5 Å². The number of carbonyl (C=O) groups is 2. The Morgan fingerprint density at radius 1 is 0.837 bits per heavy atom. The molecule has 3 aromatic rings. The van der Waals surface area contributed by atoms with Crippen LogP contribution >= 0.6 is 0 Å². The molecule has 2 aliphatic carbocycles. The third kappa shape index (κ3) is 7.09.